The molecule has 6 nitrogen and oxygen atoms in total. The van der Waals surface area contributed by atoms with E-state index in [2.05, 4.69) is 15.3 Å². The summed E-state index contributed by atoms with van der Waals surface area (Å²) >= 11 is 0. The molecule has 2 heterocycles. The third kappa shape index (κ3) is 3.44. The normalized spacial score (nSPS) is 26.4. The molecule has 0 radical (unpaired) electrons. The van der Waals surface area contributed by atoms with Crippen LogP contribution < -0.4 is 10.2 Å². The van der Waals surface area contributed by atoms with Crippen molar-refractivity contribution in [2.45, 2.75) is 52.2 Å². The van der Waals surface area contributed by atoms with Gasteiger partial charge in [-0.2, -0.15) is 0 Å². The minimum Gasteiger partial charge on any atom is -0.444 e. The Morgan fingerprint density at radius 1 is 1.29 bits per heavy atom. The second-order valence-electron chi connectivity index (χ2n) is 7.77. The van der Waals surface area contributed by atoms with E-state index in [1.807, 2.05) is 25.7 Å². The molecule has 7 heteroatoms. The number of piperidine rings is 1. The second-order valence-corrected chi connectivity index (χ2v) is 7.77. The quantitative estimate of drug-likeness (QED) is 0.899. The highest BCUT2D eigenvalue weighted by atomic mass is 19.1. The molecule has 2 fully saturated rings. The van der Waals surface area contributed by atoms with Crippen LogP contribution in [0.3, 0.4) is 0 Å². The minimum atomic E-state index is -0.508. The summed E-state index contributed by atoms with van der Waals surface area (Å²) in [6.07, 6.45) is 3.07. The van der Waals surface area contributed by atoms with Gasteiger partial charge in [-0.05, 0) is 52.4 Å². The summed E-state index contributed by atoms with van der Waals surface area (Å²) in [5.74, 6) is 0.586. The Kier molecular flexibility index (Phi) is 4.36. The number of anilines is 1. The fourth-order valence-corrected chi connectivity index (χ4v) is 3.74. The molecule has 3 atom stereocenters. The Hall–Kier alpha value is -1.92. The molecule has 1 saturated carbocycles. The number of nitrogens with one attached hydrogen (secondary N) is 1. The van der Waals surface area contributed by atoms with E-state index in [0.717, 1.165) is 12.8 Å². The summed E-state index contributed by atoms with van der Waals surface area (Å²) < 4.78 is 19.7. The highest BCUT2D eigenvalue weighted by Gasteiger charge is 2.44. The van der Waals surface area contributed by atoms with Gasteiger partial charge < -0.3 is 15.0 Å². The van der Waals surface area contributed by atoms with Gasteiger partial charge in [0.25, 0.3) is 0 Å². The molecule has 0 aromatic carbocycles. The number of ether oxygens (including phenoxy) is 1. The van der Waals surface area contributed by atoms with Crippen LogP contribution in [0, 0.1) is 24.6 Å². The first-order valence-electron chi connectivity index (χ1n) is 8.46. The molecule has 1 aliphatic carbocycles. The molecule has 1 aliphatic heterocycles. The van der Waals surface area contributed by atoms with Crippen LogP contribution in [0.4, 0.5) is 15.0 Å². The van der Waals surface area contributed by atoms with E-state index in [-0.39, 0.29) is 29.8 Å². The van der Waals surface area contributed by atoms with Crippen molar-refractivity contribution in [3.05, 3.63) is 17.8 Å². The van der Waals surface area contributed by atoms with Crippen LogP contribution in [0.1, 0.15) is 39.3 Å². The van der Waals surface area contributed by atoms with Crippen molar-refractivity contribution in [1.29, 1.82) is 0 Å². The van der Waals surface area contributed by atoms with E-state index < -0.39 is 5.60 Å². The van der Waals surface area contributed by atoms with Gasteiger partial charge >= 0.3 is 6.09 Å². The van der Waals surface area contributed by atoms with Crippen molar-refractivity contribution >= 4 is 11.9 Å². The van der Waals surface area contributed by atoms with Gasteiger partial charge in [-0.15, -0.1) is 0 Å². The lowest BCUT2D eigenvalue weighted by molar-refractivity contribution is 0.0472. The van der Waals surface area contributed by atoms with Gasteiger partial charge in [-0.1, -0.05) is 0 Å². The zero-order valence-corrected chi connectivity index (χ0v) is 14.7. The molecule has 132 valence electrons. The Morgan fingerprint density at radius 2 is 1.92 bits per heavy atom. The van der Waals surface area contributed by atoms with Gasteiger partial charge in [0, 0.05) is 19.1 Å². The first-order valence-corrected chi connectivity index (χ1v) is 8.46. The number of aromatic nitrogens is 2. The fourth-order valence-electron chi connectivity index (χ4n) is 3.74. The summed E-state index contributed by atoms with van der Waals surface area (Å²) in [6.45, 7) is 8.57. The number of amides is 1. The number of fused-ring (bicyclic) bond motifs is 2. The summed E-state index contributed by atoms with van der Waals surface area (Å²) in [5, 5.41) is 3.02. The molecule has 2 bridgehead atoms. The average molecular weight is 336 g/mol. The van der Waals surface area contributed by atoms with Crippen LogP contribution in [0.2, 0.25) is 0 Å². The van der Waals surface area contributed by atoms with Crippen LogP contribution in [0.5, 0.6) is 0 Å². The van der Waals surface area contributed by atoms with Crippen molar-refractivity contribution in [3.63, 3.8) is 0 Å². The molecular formula is C17H25FN4O2. The fraction of sp³-hybridized carbons (Fsp3) is 0.706. The maximum absolute atomic E-state index is 14.3. The summed E-state index contributed by atoms with van der Waals surface area (Å²) in [5.41, 5.74) is -0.146. The molecule has 1 aromatic rings. The van der Waals surface area contributed by atoms with Crippen LogP contribution in [-0.2, 0) is 4.74 Å². The zero-order chi connectivity index (χ0) is 17.5. The number of halogens is 1. The predicted octanol–water partition coefficient (Wildman–Crippen LogP) is 2.66. The number of carbonyl (C=O) groups is 1. The molecule has 1 unspecified atom stereocenters. The van der Waals surface area contributed by atoms with Crippen molar-refractivity contribution in [2.75, 3.05) is 18.0 Å². The van der Waals surface area contributed by atoms with Gasteiger partial charge in [0.15, 0.2) is 11.6 Å². The number of hydrogen-bond donors (Lipinski definition) is 1. The Bertz CT molecular complexity index is 618. The summed E-state index contributed by atoms with van der Waals surface area (Å²) in [4.78, 5) is 22.1. The Balaban J connectivity index is 1.68. The molecule has 1 saturated heterocycles. The molecule has 24 heavy (non-hydrogen) atoms. The third-order valence-electron chi connectivity index (χ3n) is 4.76. The summed E-state index contributed by atoms with van der Waals surface area (Å²) in [7, 11) is 0. The first kappa shape index (κ1) is 16.9. The number of nitrogens with zero attached hydrogens (tertiary/aromatic N) is 3. The molecule has 1 amide bonds. The number of alkyl carbamates (subject to hydrolysis) is 1. The smallest absolute Gasteiger partial charge is 0.407 e. The van der Waals surface area contributed by atoms with Crippen LogP contribution >= 0.6 is 0 Å². The molecule has 1 N–H and O–H groups in total. The minimum absolute atomic E-state index is 0.0853. The average Bonchev–Trinajstić information content (AvgIpc) is 2.70. The van der Waals surface area contributed by atoms with Gasteiger partial charge in [-0.3, -0.25) is 0 Å². The standard InChI is InChI=1S/C17H25FN4O2/c1-10-13(18)15(20-9-19-10)22-7-11-5-6-12(8-22)14(11)21-16(23)24-17(2,3)4/h9,11-12,14H,5-8H2,1-4H3,(H,21,23)/t11-,12+,14?. The SMILES string of the molecule is Cc1ncnc(N2C[C@H]3CC[C@@H](C2)C3NC(=O)OC(C)(C)C)c1F. The molecule has 2 aliphatic rings. The molecule has 0 spiro atoms. The van der Waals surface area contributed by atoms with E-state index in [1.54, 1.807) is 6.92 Å². The summed E-state index contributed by atoms with van der Waals surface area (Å²) in [6, 6.07) is 0.0853. The topological polar surface area (TPSA) is 67.4 Å². The van der Waals surface area contributed by atoms with E-state index in [1.165, 1.54) is 6.33 Å². The van der Waals surface area contributed by atoms with Crippen LogP contribution in [0.25, 0.3) is 0 Å². The number of aryl methyl sites for hydroxylation is 1. The third-order valence-corrected chi connectivity index (χ3v) is 4.76. The highest BCUT2D eigenvalue weighted by Crippen LogP contribution is 2.39. The maximum Gasteiger partial charge on any atom is 0.407 e. The van der Waals surface area contributed by atoms with E-state index in [0.29, 0.717) is 24.6 Å². The van der Waals surface area contributed by atoms with E-state index >= 15 is 0 Å². The first-order chi connectivity index (χ1) is 11.2. The molecule has 1 aromatic heterocycles. The van der Waals surface area contributed by atoms with Crippen molar-refractivity contribution in [1.82, 2.24) is 15.3 Å². The van der Waals surface area contributed by atoms with Gasteiger partial charge in [-0.25, -0.2) is 19.2 Å². The Labute approximate surface area is 141 Å². The van der Waals surface area contributed by atoms with E-state index in [9.17, 15) is 9.18 Å². The maximum atomic E-state index is 14.3. The molecule has 3 rings (SSSR count). The van der Waals surface area contributed by atoms with Gasteiger partial charge in [0.1, 0.15) is 11.9 Å². The number of rotatable bonds is 2. The highest BCUT2D eigenvalue weighted by molar-refractivity contribution is 5.68. The predicted molar refractivity (Wildman–Crippen MR) is 88.3 cm³/mol. The largest absolute Gasteiger partial charge is 0.444 e. The monoisotopic (exact) mass is 336 g/mol. The lowest BCUT2D eigenvalue weighted by Gasteiger charge is -2.39. The second kappa shape index (κ2) is 6.18. The lowest BCUT2D eigenvalue weighted by atomic mass is 9.92. The van der Waals surface area contributed by atoms with Gasteiger partial charge in [0.2, 0.25) is 0 Å². The lowest BCUT2D eigenvalue weighted by Crippen LogP contribution is -2.53. The van der Waals surface area contributed by atoms with Crippen molar-refractivity contribution < 1.29 is 13.9 Å². The molecular weight excluding hydrogens is 311 g/mol. The number of carbonyl (C=O) groups excluding carboxylic acids is 1. The van der Waals surface area contributed by atoms with Crippen LogP contribution in [0.15, 0.2) is 6.33 Å². The van der Waals surface area contributed by atoms with Gasteiger partial charge in [0.05, 0.1) is 5.69 Å². The van der Waals surface area contributed by atoms with Crippen molar-refractivity contribution in [3.8, 4) is 0 Å². The Morgan fingerprint density at radius 3 is 2.50 bits per heavy atom. The van der Waals surface area contributed by atoms with Crippen molar-refractivity contribution in [2.24, 2.45) is 11.8 Å². The van der Waals surface area contributed by atoms with E-state index in [4.69, 9.17) is 4.74 Å². The zero-order valence-electron chi connectivity index (χ0n) is 14.7. The number of hydrogen-bond acceptors (Lipinski definition) is 5. The van der Waals surface area contributed by atoms with Crippen LogP contribution in [-0.4, -0.2) is 40.8 Å².